The van der Waals surface area contributed by atoms with Gasteiger partial charge in [0.05, 0.1) is 23.2 Å². The Bertz CT molecular complexity index is 1340. The Hall–Kier alpha value is -3.81. The fraction of sp³-hybridized carbons (Fsp3) is 0.267. The fourth-order valence-corrected chi connectivity index (χ4v) is 4.52. The van der Waals surface area contributed by atoms with E-state index in [1.54, 1.807) is 18.2 Å². The number of amides is 1. The molecule has 1 amide bonds. The van der Waals surface area contributed by atoms with E-state index in [1.807, 2.05) is 80.5 Å². The lowest BCUT2D eigenvalue weighted by atomic mass is 9.95. The molecule has 1 N–H and O–H groups in total. The summed E-state index contributed by atoms with van der Waals surface area (Å²) in [6, 6.07) is 21.0. The molecule has 3 aromatic carbocycles. The number of ether oxygens (including phenoxy) is 2. The molecule has 1 atom stereocenters. The van der Waals surface area contributed by atoms with Crippen molar-refractivity contribution in [1.29, 1.82) is 0 Å². The van der Waals surface area contributed by atoms with E-state index in [1.165, 1.54) is 4.90 Å². The molecule has 1 aliphatic rings. The predicted molar refractivity (Wildman–Crippen MR) is 147 cm³/mol. The van der Waals surface area contributed by atoms with Crippen LogP contribution >= 0.6 is 11.6 Å². The smallest absolute Gasteiger partial charge is 0.295 e. The highest BCUT2D eigenvalue weighted by Crippen LogP contribution is 2.41. The molecular formula is C30H31ClN2O5. The van der Waals surface area contributed by atoms with Crippen molar-refractivity contribution >= 4 is 29.1 Å². The molecule has 0 spiro atoms. The van der Waals surface area contributed by atoms with Crippen LogP contribution in [-0.4, -0.2) is 60.4 Å². The van der Waals surface area contributed by atoms with Gasteiger partial charge >= 0.3 is 0 Å². The van der Waals surface area contributed by atoms with Crippen molar-refractivity contribution in [3.05, 3.63) is 100 Å². The Balaban J connectivity index is 1.76. The van der Waals surface area contributed by atoms with Crippen LogP contribution in [0.2, 0.25) is 5.02 Å². The number of likely N-dealkylation sites (tertiary alicyclic amines) is 1. The van der Waals surface area contributed by atoms with Crippen molar-refractivity contribution in [3.8, 4) is 11.5 Å². The number of ketones is 1. The number of rotatable bonds is 10. The van der Waals surface area contributed by atoms with Crippen LogP contribution in [0.4, 0.5) is 0 Å². The predicted octanol–water partition coefficient (Wildman–Crippen LogP) is 5.30. The topological polar surface area (TPSA) is 79.3 Å². The van der Waals surface area contributed by atoms with Crippen molar-refractivity contribution in [1.82, 2.24) is 9.80 Å². The van der Waals surface area contributed by atoms with E-state index in [0.717, 1.165) is 5.56 Å². The molecule has 1 saturated heterocycles. The summed E-state index contributed by atoms with van der Waals surface area (Å²) in [5, 5.41) is 11.8. The van der Waals surface area contributed by atoms with Crippen LogP contribution < -0.4 is 9.47 Å². The number of nitrogens with zero attached hydrogens (tertiary/aromatic N) is 2. The lowest BCUT2D eigenvalue weighted by molar-refractivity contribution is -0.140. The van der Waals surface area contributed by atoms with E-state index in [0.29, 0.717) is 54.0 Å². The first-order valence-electron chi connectivity index (χ1n) is 12.4. The van der Waals surface area contributed by atoms with Gasteiger partial charge < -0.3 is 24.4 Å². The second-order valence-electron chi connectivity index (χ2n) is 9.22. The number of aliphatic hydroxyl groups excluding tert-OH is 1. The summed E-state index contributed by atoms with van der Waals surface area (Å²) in [4.78, 5) is 30.0. The van der Waals surface area contributed by atoms with Gasteiger partial charge in [0.1, 0.15) is 23.9 Å². The summed E-state index contributed by atoms with van der Waals surface area (Å²) in [6.45, 7) is 3.43. The van der Waals surface area contributed by atoms with Crippen molar-refractivity contribution < 1.29 is 24.2 Å². The number of carbonyl (C=O) groups is 2. The highest BCUT2D eigenvalue weighted by atomic mass is 35.5. The van der Waals surface area contributed by atoms with E-state index < -0.39 is 17.7 Å². The van der Waals surface area contributed by atoms with Crippen molar-refractivity contribution in [2.45, 2.75) is 19.6 Å². The third kappa shape index (κ3) is 6.01. The molecule has 38 heavy (non-hydrogen) atoms. The largest absolute Gasteiger partial charge is 0.507 e. The van der Waals surface area contributed by atoms with E-state index in [-0.39, 0.29) is 11.3 Å². The minimum absolute atomic E-state index is 0.0127. The number of Topliss-reactive ketones (excluding diaryl/α,β-unsaturated/α-hetero) is 1. The summed E-state index contributed by atoms with van der Waals surface area (Å²) >= 11 is 6.23. The van der Waals surface area contributed by atoms with Crippen LogP contribution in [0.25, 0.3) is 5.76 Å². The van der Waals surface area contributed by atoms with Gasteiger partial charge in [0.2, 0.25) is 0 Å². The standard InChI is InChI=1S/C30H31ClN2O5/c1-4-37-25-18-22(13-14-24(25)31)28(34)26-27(33(16-15-32(2)3)30(36)29(26)35)21-11-8-12-23(17-21)38-19-20-9-6-5-7-10-20/h5-14,17-18,27,34H,4,15-16,19H2,1-3H3/b28-26-. The van der Waals surface area contributed by atoms with E-state index in [9.17, 15) is 14.7 Å². The average molecular weight is 535 g/mol. The zero-order valence-electron chi connectivity index (χ0n) is 21.7. The molecule has 4 rings (SSSR count). The summed E-state index contributed by atoms with van der Waals surface area (Å²) < 4.78 is 11.6. The summed E-state index contributed by atoms with van der Waals surface area (Å²) in [5.74, 6) is -0.709. The monoisotopic (exact) mass is 534 g/mol. The normalized spacial score (nSPS) is 16.8. The molecule has 0 radical (unpaired) electrons. The molecule has 0 aliphatic carbocycles. The van der Waals surface area contributed by atoms with Gasteiger partial charge in [-0.3, -0.25) is 9.59 Å². The Morgan fingerprint density at radius 2 is 1.76 bits per heavy atom. The maximum atomic E-state index is 13.3. The second-order valence-corrected chi connectivity index (χ2v) is 9.63. The molecule has 0 bridgehead atoms. The number of benzene rings is 3. The van der Waals surface area contributed by atoms with Gasteiger partial charge in [-0.25, -0.2) is 0 Å². The zero-order valence-corrected chi connectivity index (χ0v) is 22.4. The van der Waals surface area contributed by atoms with Gasteiger partial charge in [-0.05, 0) is 62.5 Å². The van der Waals surface area contributed by atoms with Crippen LogP contribution in [0.5, 0.6) is 11.5 Å². The molecule has 1 unspecified atom stereocenters. The highest BCUT2D eigenvalue weighted by Gasteiger charge is 2.46. The zero-order chi connectivity index (χ0) is 27.2. The summed E-state index contributed by atoms with van der Waals surface area (Å²) in [5.41, 5.74) is 2.03. The van der Waals surface area contributed by atoms with Crippen molar-refractivity contribution in [3.63, 3.8) is 0 Å². The summed E-state index contributed by atoms with van der Waals surface area (Å²) in [7, 11) is 3.79. The second kappa shape index (κ2) is 12.2. The molecule has 0 aromatic heterocycles. The molecule has 3 aromatic rings. The van der Waals surface area contributed by atoms with Gasteiger partial charge in [0, 0.05) is 18.7 Å². The third-order valence-corrected chi connectivity index (χ3v) is 6.57. The Labute approximate surface area is 227 Å². The van der Waals surface area contributed by atoms with Gasteiger partial charge in [-0.2, -0.15) is 0 Å². The molecule has 7 nitrogen and oxygen atoms in total. The van der Waals surface area contributed by atoms with Crippen molar-refractivity contribution in [2.75, 3.05) is 33.8 Å². The number of aliphatic hydroxyl groups is 1. The SMILES string of the molecule is CCOc1cc(/C(O)=C2/C(=O)C(=O)N(CCN(C)C)C2c2cccc(OCc3ccccc3)c2)ccc1Cl. The number of hydrogen-bond acceptors (Lipinski definition) is 6. The molecule has 1 heterocycles. The van der Waals surface area contributed by atoms with Gasteiger partial charge in [-0.15, -0.1) is 0 Å². The maximum Gasteiger partial charge on any atom is 0.295 e. The Kier molecular flexibility index (Phi) is 8.71. The average Bonchev–Trinajstić information content (AvgIpc) is 3.17. The number of halogens is 1. The molecule has 0 saturated carbocycles. The number of likely N-dealkylation sites (N-methyl/N-ethyl adjacent to an activating group) is 1. The van der Waals surface area contributed by atoms with E-state index >= 15 is 0 Å². The van der Waals surface area contributed by atoms with Crippen molar-refractivity contribution in [2.24, 2.45) is 0 Å². The van der Waals surface area contributed by atoms with Gasteiger partial charge in [0.25, 0.3) is 11.7 Å². The fourth-order valence-electron chi connectivity index (χ4n) is 4.35. The summed E-state index contributed by atoms with van der Waals surface area (Å²) in [6.07, 6.45) is 0. The van der Waals surface area contributed by atoms with Gasteiger partial charge in [0.15, 0.2) is 0 Å². The molecule has 8 heteroatoms. The third-order valence-electron chi connectivity index (χ3n) is 6.25. The number of hydrogen-bond donors (Lipinski definition) is 1. The first-order valence-corrected chi connectivity index (χ1v) is 12.8. The molecule has 1 aliphatic heterocycles. The van der Waals surface area contributed by atoms with Crippen LogP contribution in [0, 0.1) is 0 Å². The first-order chi connectivity index (χ1) is 18.3. The lowest BCUT2D eigenvalue weighted by Crippen LogP contribution is -2.35. The maximum absolute atomic E-state index is 13.3. The lowest BCUT2D eigenvalue weighted by Gasteiger charge is -2.27. The quantitative estimate of drug-likeness (QED) is 0.216. The minimum atomic E-state index is -0.790. The Morgan fingerprint density at radius 1 is 1.00 bits per heavy atom. The van der Waals surface area contributed by atoms with Crippen LogP contribution in [0.15, 0.2) is 78.4 Å². The molecule has 1 fully saturated rings. The first kappa shape index (κ1) is 27.2. The molecule has 198 valence electrons. The highest BCUT2D eigenvalue weighted by molar-refractivity contribution is 6.46. The number of carbonyl (C=O) groups excluding carboxylic acids is 2. The minimum Gasteiger partial charge on any atom is -0.507 e. The molecular weight excluding hydrogens is 504 g/mol. The van der Waals surface area contributed by atoms with Crippen LogP contribution in [-0.2, 0) is 16.2 Å². The Morgan fingerprint density at radius 3 is 2.47 bits per heavy atom. The van der Waals surface area contributed by atoms with E-state index in [2.05, 4.69) is 0 Å². The van der Waals surface area contributed by atoms with Gasteiger partial charge in [-0.1, -0.05) is 54.1 Å². The van der Waals surface area contributed by atoms with E-state index in [4.69, 9.17) is 21.1 Å². The van der Waals surface area contributed by atoms with Crippen LogP contribution in [0.1, 0.15) is 29.7 Å². The van der Waals surface area contributed by atoms with Crippen LogP contribution in [0.3, 0.4) is 0 Å².